The van der Waals surface area contributed by atoms with Crippen LogP contribution in [0.1, 0.15) is 54.8 Å². The highest BCUT2D eigenvalue weighted by Gasteiger charge is 2.70. The van der Waals surface area contributed by atoms with Gasteiger partial charge in [-0.15, -0.1) is 0 Å². The van der Waals surface area contributed by atoms with Crippen molar-refractivity contribution in [2.75, 3.05) is 6.54 Å². The van der Waals surface area contributed by atoms with Gasteiger partial charge in [-0.1, -0.05) is 19.1 Å². The second-order valence-electron chi connectivity index (χ2n) is 9.70. The molecular formula is C22H26N2O4. The van der Waals surface area contributed by atoms with Crippen LogP contribution in [0.25, 0.3) is 0 Å². The Hall–Kier alpha value is -2.37. The number of imide groups is 1. The second-order valence-corrected chi connectivity index (χ2v) is 9.70. The fourth-order valence-corrected chi connectivity index (χ4v) is 5.97. The lowest BCUT2D eigenvalue weighted by molar-refractivity contribution is 0.00180. The maximum absolute atomic E-state index is 13.0. The molecule has 2 aliphatic carbocycles. The van der Waals surface area contributed by atoms with Gasteiger partial charge >= 0.3 is 6.09 Å². The number of hydrogen-bond donors (Lipinski definition) is 0. The topological polar surface area (TPSA) is 66.9 Å². The minimum atomic E-state index is -0.576. The molecule has 0 radical (unpaired) electrons. The van der Waals surface area contributed by atoms with Crippen LogP contribution in [0.2, 0.25) is 0 Å². The summed E-state index contributed by atoms with van der Waals surface area (Å²) in [4.78, 5) is 41.8. The molecule has 3 unspecified atom stereocenters. The minimum Gasteiger partial charge on any atom is -0.444 e. The van der Waals surface area contributed by atoms with Crippen LogP contribution in [0.4, 0.5) is 4.79 Å². The van der Waals surface area contributed by atoms with E-state index in [0.29, 0.717) is 34.8 Å². The molecule has 28 heavy (non-hydrogen) atoms. The molecule has 1 aromatic rings. The average molecular weight is 382 g/mol. The smallest absolute Gasteiger partial charge is 0.410 e. The number of nitrogens with zero attached hydrogens (tertiary/aromatic N) is 2. The highest BCUT2D eigenvalue weighted by atomic mass is 16.6. The van der Waals surface area contributed by atoms with Crippen LogP contribution in [0.5, 0.6) is 0 Å². The highest BCUT2D eigenvalue weighted by Crippen LogP contribution is 2.67. The molecule has 148 valence electrons. The maximum Gasteiger partial charge on any atom is 0.410 e. The zero-order valence-corrected chi connectivity index (χ0v) is 16.7. The Labute approximate surface area is 164 Å². The molecule has 6 nitrogen and oxygen atoms in total. The van der Waals surface area contributed by atoms with E-state index in [1.807, 2.05) is 25.7 Å². The summed E-state index contributed by atoms with van der Waals surface area (Å²) < 4.78 is 5.69. The van der Waals surface area contributed by atoms with Crippen LogP contribution in [-0.4, -0.2) is 51.9 Å². The monoisotopic (exact) mass is 382 g/mol. The molecule has 3 fully saturated rings. The van der Waals surface area contributed by atoms with Crippen molar-refractivity contribution in [3.05, 3.63) is 35.4 Å². The van der Waals surface area contributed by atoms with Crippen LogP contribution in [0.15, 0.2) is 24.3 Å². The van der Waals surface area contributed by atoms with E-state index >= 15 is 0 Å². The number of amides is 3. The fraction of sp³-hybridized carbons (Fsp3) is 0.591. The first-order chi connectivity index (χ1) is 13.2. The number of carbonyl (C=O) groups is 3. The van der Waals surface area contributed by atoms with Gasteiger partial charge in [0.05, 0.1) is 23.7 Å². The standard InChI is InChI=1S/C22H26N2O4/c1-11-17-14-9-15(18(11)17)24(21(27)28-22(2,3)4)16(14)10-23-19(25)12-7-5-6-8-13(12)20(23)26/h5-8,11,14-18H,9-10H2,1-4H3/t11?,14?,15?,16-,17-,18+/m0/s1. The Bertz CT molecular complexity index is 854. The van der Waals surface area contributed by atoms with Gasteiger partial charge < -0.3 is 4.74 Å². The molecule has 4 aliphatic rings. The maximum atomic E-state index is 13.0. The summed E-state index contributed by atoms with van der Waals surface area (Å²) in [6, 6.07) is 6.94. The zero-order valence-electron chi connectivity index (χ0n) is 16.7. The molecule has 1 saturated heterocycles. The van der Waals surface area contributed by atoms with Crippen molar-refractivity contribution in [3.63, 3.8) is 0 Å². The summed E-state index contributed by atoms with van der Waals surface area (Å²) in [6.07, 6.45) is 0.631. The molecule has 6 atom stereocenters. The summed E-state index contributed by atoms with van der Waals surface area (Å²) in [7, 11) is 0. The number of likely N-dealkylation sites (tertiary alicyclic amines) is 1. The van der Waals surface area contributed by atoms with Gasteiger partial charge in [0.25, 0.3) is 11.8 Å². The highest BCUT2D eigenvalue weighted by molar-refractivity contribution is 6.21. The predicted molar refractivity (Wildman–Crippen MR) is 102 cm³/mol. The first kappa shape index (κ1) is 17.7. The van der Waals surface area contributed by atoms with Gasteiger partial charge in [0.1, 0.15) is 5.60 Å². The van der Waals surface area contributed by atoms with E-state index in [1.165, 1.54) is 4.90 Å². The molecule has 6 heteroatoms. The summed E-state index contributed by atoms with van der Waals surface area (Å²) in [6.45, 7) is 8.08. The second kappa shape index (κ2) is 5.58. The zero-order chi connectivity index (χ0) is 20.0. The third-order valence-corrected chi connectivity index (χ3v) is 7.03. The number of ether oxygens (including phenoxy) is 1. The third kappa shape index (κ3) is 2.36. The van der Waals surface area contributed by atoms with Crippen molar-refractivity contribution >= 4 is 17.9 Å². The Kier molecular flexibility index (Phi) is 3.53. The molecule has 0 aromatic heterocycles. The van der Waals surface area contributed by atoms with Gasteiger partial charge in [0, 0.05) is 6.04 Å². The molecule has 2 aliphatic heterocycles. The SMILES string of the molecule is CC1[C@@H]2C3CC([C@H]12)[C@H](CN1C(=O)c2ccccc2C1=O)N3C(=O)OC(C)(C)C. The van der Waals surface area contributed by atoms with Gasteiger partial charge in [0.15, 0.2) is 0 Å². The van der Waals surface area contributed by atoms with Crippen molar-refractivity contribution in [3.8, 4) is 0 Å². The van der Waals surface area contributed by atoms with Crippen LogP contribution >= 0.6 is 0 Å². The number of hydrogen-bond acceptors (Lipinski definition) is 4. The Balaban J connectivity index is 1.43. The van der Waals surface area contributed by atoms with Crippen molar-refractivity contribution in [2.45, 2.75) is 51.8 Å². The summed E-state index contributed by atoms with van der Waals surface area (Å²) in [5.41, 5.74) is 0.336. The van der Waals surface area contributed by atoms with E-state index in [4.69, 9.17) is 4.74 Å². The molecule has 2 heterocycles. The summed E-state index contributed by atoms with van der Waals surface area (Å²) in [5.74, 6) is 1.56. The van der Waals surface area contributed by atoms with Gasteiger partial charge in [0.2, 0.25) is 0 Å². The van der Waals surface area contributed by atoms with Crippen molar-refractivity contribution in [1.82, 2.24) is 9.80 Å². The van der Waals surface area contributed by atoms with Crippen LogP contribution in [0.3, 0.4) is 0 Å². The van der Waals surface area contributed by atoms with Crippen LogP contribution < -0.4 is 0 Å². The average Bonchev–Trinajstić information content (AvgIpc) is 2.92. The van der Waals surface area contributed by atoms with Crippen molar-refractivity contribution in [1.29, 1.82) is 0 Å². The molecule has 3 amide bonds. The lowest BCUT2D eigenvalue weighted by Crippen LogP contribution is -2.53. The first-order valence-corrected chi connectivity index (χ1v) is 10.2. The fourth-order valence-electron chi connectivity index (χ4n) is 5.97. The summed E-state index contributed by atoms with van der Waals surface area (Å²) >= 11 is 0. The van der Waals surface area contributed by atoms with Gasteiger partial charge in [-0.3, -0.25) is 19.4 Å². The molecule has 0 N–H and O–H groups in total. The quantitative estimate of drug-likeness (QED) is 0.737. The Morgan fingerprint density at radius 3 is 2.29 bits per heavy atom. The lowest BCUT2D eigenvalue weighted by Gasteiger charge is -2.37. The normalized spacial score (nSPS) is 35.3. The molecular weight excluding hydrogens is 356 g/mol. The molecule has 2 saturated carbocycles. The molecule has 1 aromatic carbocycles. The van der Waals surface area contributed by atoms with E-state index in [0.717, 1.165) is 6.42 Å². The van der Waals surface area contributed by atoms with E-state index in [1.54, 1.807) is 24.3 Å². The van der Waals surface area contributed by atoms with E-state index in [9.17, 15) is 14.4 Å². The van der Waals surface area contributed by atoms with E-state index < -0.39 is 5.60 Å². The van der Waals surface area contributed by atoms with E-state index in [2.05, 4.69) is 6.92 Å². The van der Waals surface area contributed by atoms with Crippen LogP contribution in [-0.2, 0) is 4.74 Å². The predicted octanol–water partition coefficient (Wildman–Crippen LogP) is 3.17. The summed E-state index contributed by atoms with van der Waals surface area (Å²) in [5, 5.41) is 0. The van der Waals surface area contributed by atoms with E-state index in [-0.39, 0.29) is 36.5 Å². The van der Waals surface area contributed by atoms with Crippen molar-refractivity contribution < 1.29 is 19.1 Å². The Morgan fingerprint density at radius 2 is 1.71 bits per heavy atom. The number of rotatable bonds is 2. The van der Waals surface area contributed by atoms with Crippen molar-refractivity contribution in [2.24, 2.45) is 23.7 Å². The third-order valence-electron chi connectivity index (χ3n) is 7.03. The van der Waals surface area contributed by atoms with Gasteiger partial charge in [-0.05, 0) is 63.0 Å². The minimum absolute atomic E-state index is 0.159. The Morgan fingerprint density at radius 1 is 1.11 bits per heavy atom. The number of benzene rings is 1. The molecule has 0 spiro atoms. The molecule has 5 rings (SSSR count). The van der Waals surface area contributed by atoms with Gasteiger partial charge in [-0.2, -0.15) is 0 Å². The lowest BCUT2D eigenvalue weighted by atomic mass is 9.94. The first-order valence-electron chi connectivity index (χ1n) is 10.2. The largest absolute Gasteiger partial charge is 0.444 e. The molecule has 2 bridgehead atoms. The number of piperidine rings is 1. The number of fused-ring (bicyclic) bond motifs is 6. The van der Waals surface area contributed by atoms with Gasteiger partial charge in [-0.25, -0.2) is 4.79 Å². The number of carbonyl (C=O) groups excluding carboxylic acids is 3. The van der Waals surface area contributed by atoms with Crippen LogP contribution in [0, 0.1) is 23.7 Å².